The number of rotatable bonds is 3. The van der Waals surface area contributed by atoms with Gasteiger partial charge in [-0.1, -0.05) is 0 Å². The van der Waals surface area contributed by atoms with Crippen molar-refractivity contribution in [2.24, 2.45) is 14.1 Å². The molecule has 11 nitrogen and oxygen atoms in total. The highest BCUT2D eigenvalue weighted by Crippen LogP contribution is 2.27. The summed E-state index contributed by atoms with van der Waals surface area (Å²) in [5.74, 6) is -2.14. The van der Waals surface area contributed by atoms with E-state index < -0.39 is 22.2 Å². The highest BCUT2D eigenvalue weighted by Gasteiger charge is 2.38. The Morgan fingerprint density at radius 1 is 1.18 bits per heavy atom. The summed E-state index contributed by atoms with van der Waals surface area (Å²) in [6.07, 6.45) is 2.04. The van der Waals surface area contributed by atoms with Gasteiger partial charge in [0.1, 0.15) is 0 Å². The lowest BCUT2D eigenvalue weighted by atomic mass is 10.1. The predicted octanol–water partition coefficient (Wildman–Crippen LogP) is 1.30. The van der Waals surface area contributed by atoms with E-state index in [-0.39, 0.29) is 11.6 Å². The van der Waals surface area contributed by atoms with Crippen molar-refractivity contribution in [3.8, 4) is 11.4 Å². The van der Waals surface area contributed by atoms with E-state index in [0.717, 1.165) is 22.5 Å². The zero-order chi connectivity index (χ0) is 24.6. The molecular formula is C18H20F3N7O4S. The van der Waals surface area contributed by atoms with Gasteiger partial charge in [-0.05, 0) is 6.92 Å². The van der Waals surface area contributed by atoms with Crippen molar-refractivity contribution in [3.05, 3.63) is 41.9 Å². The van der Waals surface area contributed by atoms with Crippen molar-refractivity contribution >= 4 is 16.0 Å². The van der Waals surface area contributed by atoms with Crippen molar-refractivity contribution in [1.82, 2.24) is 33.6 Å². The highest BCUT2D eigenvalue weighted by atomic mass is 32.2. The molecule has 0 saturated carbocycles. The fourth-order valence-electron chi connectivity index (χ4n) is 3.08. The Morgan fingerprint density at radius 3 is 2.36 bits per heavy atom. The second-order valence-corrected chi connectivity index (χ2v) is 9.11. The molecule has 178 valence electrons. The SMILES string of the molecule is Cc1nc(-c2cnn(C)c2)nc2c1CN(S(=O)(=O)c1cn(C)cn1)CC2.O=C(O)C(F)(F)F. The average molecular weight is 487 g/mol. The number of sulfonamides is 1. The molecule has 1 N–H and O–H groups in total. The Hall–Kier alpha value is -3.33. The summed E-state index contributed by atoms with van der Waals surface area (Å²) >= 11 is 0. The molecule has 1 aliphatic rings. The number of carboxylic acids is 1. The molecule has 0 atom stereocenters. The van der Waals surface area contributed by atoms with Crippen LogP contribution in [0.5, 0.6) is 0 Å². The van der Waals surface area contributed by atoms with Crippen LogP contribution in [0.3, 0.4) is 0 Å². The third kappa shape index (κ3) is 5.36. The Bertz CT molecular complexity index is 1280. The van der Waals surface area contributed by atoms with Crippen molar-refractivity contribution in [1.29, 1.82) is 0 Å². The summed E-state index contributed by atoms with van der Waals surface area (Å²) < 4.78 is 62.1. The molecule has 4 rings (SSSR count). The van der Waals surface area contributed by atoms with Gasteiger partial charge in [0.15, 0.2) is 10.9 Å². The van der Waals surface area contributed by atoms with Gasteiger partial charge in [-0.15, -0.1) is 0 Å². The lowest BCUT2D eigenvalue weighted by Crippen LogP contribution is -2.37. The van der Waals surface area contributed by atoms with Crippen LogP contribution in [0.4, 0.5) is 13.2 Å². The number of carbonyl (C=O) groups is 1. The van der Waals surface area contributed by atoms with Crippen LogP contribution in [0.25, 0.3) is 11.4 Å². The van der Waals surface area contributed by atoms with E-state index in [0.29, 0.717) is 18.8 Å². The molecule has 4 heterocycles. The minimum Gasteiger partial charge on any atom is -0.475 e. The number of alkyl halides is 3. The molecule has 0 unspecified atom stereocenters. The van der Waals surface area contributed by atoms with Gasteiger partial charge in [0.25, 0.3) is 10.0 Å². The molecule has 1 aliphatic heterocycles. The van der Waals surface area contributed by atoms with E-state index in [4.69, 9.17) is 9.90 Å². The molecule has 0 aliphatic carbocycles. The second kappa shape index (κ2) is 8.90. The van der Waals surface area contributed by atoms with Crippen molar-refractivity contribution in [2.75, 3.05) is 6.54 Å². The Balaban J connectivity index is 0.000000383. The molecule has 0 spiro atoms. The van der Waals surface area contributed by atoms with Crippen LogP contribution in [-0.4, -0.2) is 65.8 Å². The molecule has 0 bridgehead atoms. The minimum atomic E-state index is -5.08. The Labute approximate surface area is 186 Å². The predicted molar refractivity (Wildman–Crippen MR) is 107 cm³/mol. The van der Waals surface area contributed by atoms with Crippen molar-refractivity contribution < 1.29 is 31.5 Å². The first-order chi connectivity index (χ1) is 15.3. The minimum absolute atomic E-state index is 0.0639. The number of hydrogen-bond donors (Lipinski definition) is 1. The van der Waals surface area contributed by atoms with Gasteiger partial charge in [0.05, 0.1) is 23.8 Å². The molecule has 33 heavy (non-hydrogen) atoms. The van der Waals surface area contributed by atoms with Crippen LogP contribution < -0.4 is 0 Å². The van der Waals surface area contributed by atoms with E-state index in [9.17, 15) is 21.6 Å². The quantitative estimate of drug-likeness (QED) is 0.584. The normalized spacial score (nSPS) is 14.4. The van der Waals surface area contributed by atoms with Crippen LogP contribution >= 0.6 is 0 Å². The third-order valence-electron chi connectivity index (χ3n) is 4.72. The van der Waals surface area contributed by atoms with Gasteiger partial charge in [0.2, 0.25) is 0 Å². The number of hydrogen-bond acceptors (Lipinski definition) is 7. The number of carboxylic acid groups (broad SMARTS) is 1. The third-order valence-corrected chi connectivity index (χ3v) is 6.45. The zero-order valence-corrected chi connectivity index (χ0v) is 18.6. The number of aryl methyl sites for hydroxylation is 3. The molecule has 0 saturated heterocycles. The second-order valence-electron chi connectivity index (χ2n) is 7.23. The van der Waals surface area contributed by atoms with Gasteiger partial charge < -0.3 is 9.67 Å². The van der Waals surface area contributed by atoms with Gasteiger partial charge in [-0.3, -0.25) is 4.68 Å². The number of nitrogens with zero attached hydrogens (tertiary/aromatic N) is 7. The van der Waals surface area contributed by atoms with E-state index in [1.54, 1.807) is 22.5 Å². The van der Waals surface area contributed by atoms with Gasteiger partial charge >= 0.3 is 12.1 Å². The van der Waals surface area contributed by atoms with Crippen LogP contribution in [0.15, 0.2) is 29.9 Å². The summed E-state index contributed by atoms with van der Waals surface area (Å²) in [4.78, 5) is 22.1. The van der Waals surface area contributed by atoms with Crippen LogP contribution in [0.1, 0.15) is 17.0 Å². The molecule has 3 aromatic heterocycles. The van der Waals surface area contributed by atoms with Gasteiger partial charge in [-0.2, -0.15) is 22.6 Å². The molecule has 0 amide bonds. The van der Waals surface area contributed by atoms with Crippen molar-refractivity contribution in [3.63, 3.8) is 0 Å². The maximum atomic E-state index is 12.8. The Kier molecular flexibility index (Phi) is 6.56. The van der Waals surface area contributed by atoms with Crippen LogP contribution in [-0.2, 0) is 41.9 Å². The van der Waals surface area contributed by atoms with Gasteiger partial charge in [0, 0.05) is 57.3 Å². The molecular weight excluding hydrogens is 467 g/mol. The fourth-order valence-corrected chi connectivity index (χ4v) is 4.45. The molecule has 15 heteroatoms. The van der Waals surface area contributed by atoms with Crippen LogP contribution in [0, 0.1) is 6.92 Å². The zero-order valence-electron chi connectivity index (χ0n) is 17.8. The topological polar surface area (TPSA) is 136 Å². The first-order valence-electron chi connectivity index (χ1n) is 9.42. The lowest BCUT2D eigenvalue weighted by Gasteiger charge is -2.27. The summed E-state index contributed by atoms with van der Waals surface area (Å²) in [5.41, 5.74) is 3.39. The molecule has 0 aromatic carbocycles. The van der Waals surface area contributed by atoms with Crippen LogP contribution in [0.2, 0.25) is 0 Å². The number of aliphatic carboxylic acids is 1. The monoisotopic (exact) mass is 487 g/mol. The number of aromatic nitrogens is 6. The number of halogens is 3. The summed E-state index contributed by atoms with van der Waals surface area (Å²) in [7, 11) is -0.0392. The number of fused-ring (bicyclic) bond motifs is 1. The largest absolute Gasteiger partial charge is 0.490 e. The van der Waals surface area contributed by atoms with Crippen molar-refractivity contribution in [2.45, 2.75) is 31.1 Å². The molecule has 0 radical (unpaired) electrons. The fraction of sp³-hybridized carbons (Fsp3) is 0.389. The smallest absolute Gasteiger partial charge is 0.475 e. The molecule has 3 aromatic rings. The summed E-state index contributed by atoms with van der Waals surface area (Å²) in [5, 5.41) is 11.3. The Morgan fingerprint density at radius 2 is 1.85 bits per heavy atom. The number of imidazole rings is 1. The average Bonchev–Trinajstić information content (AvgIpc) is 3.36. The standard InChI is InChI=1S/C16H19N7O2S.C2HF3O2/c1-11-13-8-23(26(24,25)15-9-21(2)10-17-15)5-4-14(13)20-16(19-11)12-6-18-22(3)7-12;3-2(4,5)1(6)7/h6-7,9-10H,4-5,8H2,1-3H3;(H,6,7). The van der Waals surface area contributed by atoms with E-state index in [1.165, 1.54) is 16.8 Å². The first kappa shape index (κ1) is 24.3. The summed E-state index contributed by atoms with van der Waals surface area (Å²) in [6, 6.07) is 0. The summed E-state index contributed by atoms with van der Waals surface area (Å²) in [6.45, 7) is 2.51. The van der Waals surface area contributed by atoms with E-state index in [1.807, 2.05) is 20.2 Å². The van der Waals surface area contributed by atoms with E-state index >= 15 is 0 Å². The maximum Gasteiger partial charge on any atom is 0.490 e. The highest BCUT2D eigenvalue weighted by molar-refractivity contribution is 7.89. The molecule has 0 fully saturated rings. The maximum absolute atomic E-state index is 12.8. The van der Waals surface area contributed by atoms with E-state index in [2.05, 4.69) is 20.1 Å². The first-order valence-corrected chi connectivity index (χ1v) is 10.9. The lowest BCUT2D eigenvalue weighted by molar-refractivity contribution is -0.192. The van der Waals surface area contributed by atoms with Gasteiger partial charge in [-0.25, -0.2) is 28.2 Å².